The Hall–Kier alpha value is -3.26. The number of rotatable bonds is 4. The number of nitrogens with zero attached hydrogens (tertiary/aromatic N) is 1. The van der Waals surface area contributed by atoms with Crippen LogP contribution >= 0.6 is 11.8 Å². The van der Waals surface area contributed by atoms with Gasteiger partial charge in [0.15, 0.2) is 5.17 Å². The number of furan rings is 1. The number of carboxylic acid groups (broad SMARTS) is 1. The van der Waals surface area contributed by atoms with Gasteiger partial charge in [0.1, 0.15) is 17.1 Å². The first-order valence-corrected chi connectivity index (χ1v) is 7.90. The van der Waals surface area contributed by atoms with Gasteiger partial charge in [-0.2, -0.15) is 0 Å². The standard InChI is InChI=1S/C17H12N2O5S/c20-13-9-10(6-7-12(13)16(22)23)18-17-19-15(21)14(25-17)5-1-3-11-4-2-8-24-11/h1-9,20H,(H,22,23)(H,18,19,21)/b3-1+,14-5+. The fraction of sp³-hybridized carbons (Fsp3) is 0. The Kier molecular flexibility index (Phi) is 4.71. The smallest absolute Gasteiger partial charge is 0.339 e. The van der Waals surface area contributed by atoms with Gasteiger partial charge in [-0.15, -0.1) is 0 Å². The van der Waals surface area contributed by atoms with Crippen LogP contribution in [0.5, 0.6) is 5.75 Å². The fourth-order valence-electron chi connectivity index (χ4n) is 2.00. The highest BCUT2D eigenvalue weighted by molar-refractivity contribution is 8.18. The number of carboxylic acids is 1. The van der Waals surface area contributed by atoms with Gasteiger partial charge in [0.2, 0.25) is 0 Å². The Labute approximate surface area is 146 Å². The van der Waals surface area contributed by atoms with E-state index in [1.54, 1.807) is 36.6 Å². The minimum Gasteiger partial charge on any atom is -0.507 e. The number of hydrogen-bond acceptors (Lipinski definition) is 6. The predicted octanol–water partition coefficient (Wildman–Crippen LogP) is 3.13. The van der Waals surface area contributed by atoms with Gasteiger partial charge in [-0.3, -0.25) is 4.79 Å². The molecule has 0 aliphatic carbocycles. The number of aliphatic imine (C=N–C) groups is 1. The summed E-state index contributed by atoms with van der Waals surface area (Å²) >= 11 is 1.14. The molecular weight excluding hydrogens is 344 g/mol. The first-order chi connectivity index (χ1) is 12.0. The highest BCUT2D eigenvalue weighted by Crippen LogP contribution is 2.29. The van der Waals surface area contributed by atoms with Crippen LogP contribution in [-0.2, 0) is 4.79 Å². The Morgan fingerprint density at radius 3 is 2.84 bits per heavy atom. The second kappa shape index (κ2) is 7.10. The van der Waals surface area contributed by atoms with Crippen molar-refractivity contribution in [3.05, 3.63) is 65.0 Å². The molecule has 1 fully saturated rings. The average Bonchev–Trinajstić information content (AvgIpc) is 3.17. The summed E-state index contributed by atoms with van der Waals surface area (Å²) in [5, 5.41) is 21.5. The number of amides is 1. The summed E-state index contributed by atoms with van der Waals surface area (Å²) in [5.74, 6) is -1.24. The lowest BCUT2D eigenvalue weighted by molar-refractivity contribution is -0.115. The molecule has 7 nitrogen and oxygen atoms in total. The lowest BCUT2D eigenvalue weighted by Crippen LogP contribution is -2.19. The van der Waals surface area contributed by atoms with Gasteiger partial charge in [-0.05, 0) is 48.2 Å². The van der Waals surface area contributed by atoms with Gasteiger partial charge in [-0.1, -0.05) is 6.08 Å². The quantitative estimate of drug-likeness (QED) is 0.726. The molecule has 1 aliphatic rings. The molecule has 0 unspecified atom stereocenters. The molecule has 1 aromatic heterocycles. The summed E-state index contributed by atoms with van der Waals surface area (Å²) in [7, 11) is 0. The Bertz CT molecular complexity index is 913. The number of amidine groups is 1. The van der Waals surface area contributed by atoms with E-state index in [0.717, 1.165) is 11.8 Å². The summed E-state index contributed by atoms with van der Waals surface area (Å²) in [6.07, 6.45) is 6.60. The SMILES string of the molecule is O=C1NC(=Nc2ccc(C(=O)O)c(O)c2)S/C1=C/C=C/c1ccco1. The molecule has 0 spiro atoms. The predicted molar refractivity (Wildman–Crippen MR) is 93.7 cm³/mol. The number of benzene rings is 1. The first-order valence-electron chi connectivity index (χ1n) is 7.09. The molecule has 1 aliphatic heterocycles. The first kappa shape index (κ1) is 16.6. The topological polar surface area (TPSA) is 112 Å². The summed E-state index contributed by atoms with van der Waals surface area (Å²) in [4.78, 5) is 27.4. The Morgan fingerprint density at radius 1 is 1.32 bits per heavy atom. The van der Waals surface area contributed by atoms with E-state index in [0.29, 0.717) is 21.5 Å². The number of aromatic carboxylic acids is 1. The highest BCUT2D eigenvalue weighted by atomic mass is 32.2. The minimum absolute atomic E-state index is 0.212. The van der Waals surface area contributed by atoms with Crippen LogP contribution in [-0.4, -0.2) is 27.3 Å². The number of allylic oxidation sites excluding steroid dienone is 2. The van der Waals surface area contributed by atoms with Crippen molar-refractivity contribution in [1.29, 1.82) is 0 Å². The van der Waals surface area contributed by atoms with Crippen molar-refractivity contribution in [3.8, 4) is 5.75 Å². The molecule has 3 N–H and O–H groups in total. The van der Waals surface area contributed by atoms with Gasteiger partial charge in [0, 0.05) is 6.07 Å². The van der Waals surface area contributed by atoms with Crippen LogP contribution in [0.1, 0.15) is 16.1 Å². The molecule has 2 aromatic rings. The molecule has 1 saturated heterocycles. The number of phenols is 1. The Morgan fingerprint density at radius 2 is 2.16 bits per heavy atom. The lowest BCUT2D eigenvalue weighted by Gasteiger charge is -2.01. The Balaban J connectivity index is 1.74. The number of nitrogens with one attached hydrogen (secondary N) is 1. The average molecular weight is 356 g/mol. The highest BCUT2D eigenvalue weighted by Gasteiger charge is 2.23. The van der Waals surface area contributed by atoms with E-state index in [9.17, 15) is 14.7 Å². The van der Waals surface area contributed by atoms with Crippen molar-refractivity contribution in [2.75, 3.05) is 0 Å². The fourth-order valence-corrected chi connectivity index (χ4v) is 2.79. The van der Waals surface area contributed by atoms with Gasteiger partial charge in [0.05, 0.1) is 16.9 Å². The van der Waals surface area contributed by atoms with E-state index in [1.165, 1.54) is 18.2 Å². The second-order valence-electron chi connectivity index (χ2n) is 4.89. The molecule has 126 valence electrons. The third-order valence-electron chi connectivity index (χ3n) is 3.14. The van der Waals surface area contributed by atoms with E-state index in [1.807, 2.05) is 0 Å². The van der Waals surface area contributed by atoms with Gasteiger partial charge >= 0.3 is 5.97 Å². The normalized spacial score (nSPS) is 17.5. The molecule has 0 bridgehead atoms. The minimum atomic E-state index is -1.23. The number of carbonyl (C=O) groups is 2. The third-order valence-corrected chi connectivity index (χ3v) is 4.07. The maximum absolute atomic E-state index is 11.9. The zero-order chi connectivity index (χ0) is 17.8. The van der Waals surface area contributed by atoms with Crippen molar-refractivity contribution >= 4 is 40.6 Å². The summed E-state index contributed by atoms with van der Waals surface area (Å²) in [5.41, 5.74) is 0.119. The van der Waals surface area contributed by atoms with Crippen LogP contribution in [0.2, 0.25) is 0 Å². The number of thioether (sulfide) groups is 1. The zero-order valence-corrected chi connectivity index (χ0v) is 13.5. The summed E-state index contributed by atoms with van der Waals surface area (Å²) < 4.78 is 5.15. The zero-order valence-electron chi connectivity index (χ0n) is 12.7. The van der Waals surface area contributed by atoms with Crippen molar-refractivity contribution < 1.29 is 24.2 Å². The van der Waals surface area contributed by atoms with Crippen molar-refractivity contribution in [2.45, 2.75) is 0 Å². The molecule has 1 aromatic carbocycles. The van der Waals surface area contributed by atoms with Gasteiger partial charge in [0.25, 0.3) is 5.91 Å². The van der Waals surface area contributed by atoms with Gasteiger partial charge in [-0.25, -0.2) is 9.79 Å². The molecule has 8 heteroatoms. The monoisotopic (exact) mass is 356 g/mol. The molecule has 3 rings (SSSR count). The maximum atomic E-state index is 11.9. The van der Waals surface area contributed by atoms with Crippen LogP contribution in [0.25, 0.3) is 6.08 Å². The van der Waals surface area contributed by atoms with Crippen LogP contribution in [0, 0.1) is 0 Å². The van der Waals surface area contributed by atoms with Crippen LogP contribution in [0.4, 0.5) is 5.69 Å². The van der Waals surface area contributed by atoms with E-state index in [2.05, 4.69) is 10.3 Å². The lowest BCUT2D eigenvalue weighted by atomic mass is 10.2. The molecule has 0 saturated carbocycles. The van der Waals surface area contributed by atoms with Crippen LogP contribution in [0.15, 0.2) is 63.1 Å². The number of aromatic hydroxyl groups is 1. The number of hydrogen-bond donors (Lipinski definition) is 3. The third kappa shape index (κ3) is 3.99. The molecule has 25 heavy (non-hydrogen) atoms. The number of carbonyl (C=O) groups excluding carboxylic acids is 1. The second-order valence-corrected chi connectivity index (χ2v) is 5.92. The van der Waals surface area contributed by atoms with Crippen LogP contribution < -0.4 is 5.32 Å². The van der Waals surface area contributed by atoms with E-state index < -0.39 is 5.97 Å². The molecule has 1 amide bonds. The van der Waals surface area contributed by atoms with Crippen molar-refractivity contribution in [1.82, 2.24) is 5.32 Å². The largest absolute Gasteiger partial charge is 0.507 e. The molecule has 2 heterocycles. The van der Waals surface area contributed by atoms with E-state index in [4.69, 9.17) is 9.52 Å². The summed E-state index contributed by atoms with van der Waals surface area (Å²) in [6, 6.07) is 7.47. The summed E-state index contributed by atoms with van der Waals surface area (Å²) in [6.45, 7) is 0. The van der Waals surface area contributed by atoms with E-state index in [-0.39, 0.29) is 17.2 Å². The van der Waals surface area contributed by atoms with E-state index >= 15 is 0 Å². The van der Waals surface area contributed by atoms with Gasteiger partial charge < -0.3 is 19.9 Å². The molecule has 0 radical (unpaired) electrons. The molecule has 0 atom stereocenters. The van der Waals surface area contributed by atoms with Crippen molar-refractivity contribution in [2.24, 2.45) is 4.99 Å². The molecular formula is C17H12N2O5S. The maximum Gasteiger partial charge on any atom is 0.339 e. The van der Waals surface area contributed by atoms with Crippen molar-refractivity contribution in [3.63, 3.8) is 0 Å². The van der Waals surface area contributed by atoms with Crippen LogP contribution in [0.3, 0.4) is 0 Å².